The third kappa shape index (κ3) is 2.80. The molecule has 1 atom stereocenters. The van der Waals surface area contributed by atoms with Crippen molar-refractivity contribution >= 4 is 6.08 Å². The number of halogens is 1. The summed E-state index contributed by atoms with van der Waals surface area (Å²) in [6, 6.07) is 7.09. The minimum absolute atomic E-state index is 0.146. The number of hydrogen-bond donors (Lipinski definition) is 0. The van der Waals surface area contributed by atoms with E-state index in [0.29, 0.717) is 5.56 Å². The molecule has 0 N–H and O–H groups in total. The number of aliphatic imine (C=N–C) groups is 1. The zero-order valence-corrected chi connectivity index (χ0v) is 7.33. The maximum atomic E-state index is 13.2. The van der Waals surface area contributed by atoms with Gasteiger partial charge in [0.1, 0.15) is 6.17 Å². The van der Waals surface area contributed by atoms with Gasteiger partial charge in [-0.15, -0.1) is 0 Å². The lowest BCUT2D eigenvalue weighted by Gasteiger charge is -2.04. The molecule has 0 heterocycles. The van der Waals surface area contributed by atoms with Crippen LogP contribution >= 0.6 is 0 Å². The van der Waals surface area contributed by atoms with Crippen molar-refractivity contribution in [1.82, 2.24) is 0 Å². The van der Waals surface area contributed by atoms with Gasteiger partial charge in [-0.1, -0.05) is 29.8 Å². The maximum absolute atomic E-state index is 13.2. The van der Waals surface area contributed by atoms with Crippen LogP contribution in [0.15, 0.2) is 29.3 Å². The predicted molar refractivity (Wildman–Crippen MR) is 48.0 cm³/mol. The first-order chi connectivity index (χ1) is 6.24. The summed E-state index contributed by atoms with van der Waals surface area (Å²) in [6.45, 7) is 1.74. The predicted octanol–water partition coefficient (Wildman–Crippen LogP) is 2.34. The quantitative estimate of drug-likeness (QED) is 0.517. The van der Waals surface area contributed by atoms with Gasteiger partial charge in [0.05, 0.1) is 6.54 Å². The summed E-state index contributed by atoms with van der Waals surface area (Å²) in [5.74, 6) is 0. The molecule has 68 valence electrons. The van der Waals surface area contributed by atoms with Crippen LogP contribution < -0.4 is 0 Å². The fraction of sp³-hybridized carbons (Fsp3) is 0.300. The highest BCUT2D eigenvalue weighted by Gasteiger charge is 2.07. The third-order valence-corrected chi connectivity index (χ3v) is 1.72. The Bertz CT molecular complexity index is 331. The Morgan fingerprint density at radius 3 is 3.00 bits per heavy atom. The lowest BCUT2D eigenvalue weighted by Crippen LogP contribution is -1.95. The number of benzene rings is 1. The van der Waals surface area contributed by atoms with Gasteiger partial charge < -0.3 is 0 Å². The van der Waals surface area contributed by atoms with E-state index >= 15 is 0 Å². The second-order valence-electron chi connectivity index (χ2n) is 2.81. The first kappa shape index (κ1) is 9.62. The number of isocyanates is 1. The van der Waals surface area contributed by atoms with Crippen LogP contribution in [0.1, 0.15) is 17.3 Å². The lowest BCUT2D eigenvalue weighted by atomic mass is 10.1. The molecule has 0 saturated heterocycles. The van der Waals surface area contributed by atoms with Crippen LogP contribution in [0.25, 0.3) is 0 Å². The molecule has 0 fully saturated rings. The van der Waals surface area contributed by atoms with Crippen molar-refractivity contribution in [2.75, 3.05) is 6.54 Å². The fourth-order valence-corrected chi connectivity index (χ4v) is 1.09. The minimum Gasteiger partial charge on any atom is -0.240 e. The molecular formula is C10H10FNO. The van der Waals surface area contributed by atoms with Crippen molar-refractivity contribution in [3.05, 3.63) is 35.4 Å². The Balaban J connectivity index is 2.76. The zero-order valence-electron chi connectivity index (χ0n) is 7.33. The molecule has 13 heavy (non-hydrogen) atoms. The summed E-state index contributed by atoms with van der Waals surface area (Å²) in [7, 11) is 0. The molecule has 0 radical (unpaired) electrons. The largest absolute Gasteiger partial charge is 0.240 e. The SMILES string of the molecule is Cc1cccc(C(F)CN=C=O)c1. The molecule has 1 rings (SSSR count). The van der Waals surface area contributed by atoms with E-state index in [9.17, 15) is 9.18 Å². The second-order valence-corrected chi connectivity index (χ2v) is 2.81. The van der Waals surface area contributed by atoms with Crippen LogP contribution in [0.5, 0.6) is 0 Å². The van der Waals surface area contributed by atoms with Gasteiger partial charge in [0.15, 0.2) is 0 Å². The van der Waals surface area contributed by atoms with E-state index in [1.165, 1.54) is 6.08 Å². The topological polar surface area (TPSA) is 29.4 Å². The number of aryl methyl sites for hydroxylation is 1. The molecule has 2 nitrogen and oxygen atoms in total. The molecule has 0 aromatic heterocycles. The first-order valence-corrected chi connectivity index (χ1v) is 3.98. The van der Waals surface area contributed by atoms with Gasteiger partial charge in [-0.3, -0.25) is 0 Å². The van der Waals surface area contributed by atoms with Gasteiger partial charge in [-0.25, -0.2) is 14.2 Å². The Kier molecular flexibility index (Phi) is 3.35. The number of carbonyl (C=O) groups excluding carboxylic acids is 1. The lowest BCUT2D eigenvalue weighted by molar-refractivity contribution is 0.353. The molecule has 0 spiro atoms. The normalized spacial score (nSPS) is 11.8. The van der Waals surface area contributed by atoms with Gasteiger partial charge in [-0.2, -0.15) is 0 Å². The summed E-state index contributed by atoms with van der Waals surface area (Å²) >= 11 is 0. The smallest absolute Gasteiger partial charge is 0.235 e. The van der Waals surface area contributed by atoms with Gasteiger partial charge >= 0.3 is 0 Å². The van der Waals surface area contributed by atoms with Crippen molar-refractivity contribution in [2.45, 2.75) is 13.1 Å². The highest BCUT2D eigenvalue weighted by atomic mass is 19.1. The minimum atomic E-state index is -1.21. The van der Waals surface area contributed by atoms with E-state index in [2.05, 4.69) is 4.99 Å². The van der Waals surface area contributed by atoms with Crippen LogP contribution in [-0.2, 0) is 4.79 Å². The second kappa shape index (κ2) is 4.53. The summed E-state index contributed by atoms with van der Waals surface area (Å²) in [4.78, 5) is 12.9. The number of hydrogen-bond acceptors (Lipinski definition) is 2. The fourth-order valence-electron chi connectivity index (χ4n) is 1.09. The van der Waals surface area contributed by atoms with Gasteiger partial charge in [0, 0.05) is 0 Å². The van der Waals surface area contributed by atoms with E-state index in [4.69, 9.17) is 0 Å². The van der Waals surface area contributed by atoms with Crippen molar-refractivity contribution in [1.29, 1.82) is 0 Å². The molecule has 3 heteroatoms. The van der Waals surface area contributed by atoms with Crippen molar-refractivity contribution in [3.63, 3.8) is 0 Å². The molecule has 1 aromatic rings. The van der Waals surface area contributed by atoms with Crippen LogP contribution in [0, 0.1) is 6.92 Å². The average Bonchev–Trinajstić information content (AvgIpc) is 2.14. The van der Waals surface area contributed by atoms with Gasteiger partial charge in [0.25, 0.3) is 0 Å². The molecule has 1 unspecified atom stereocenters. The Hall–Kier alpha value is -1.47. The van der Waals surface area contributed by atoms with Crippen LogP contribution in [-0.4, -0.2) is 12.6 Å². The summed E-state index contributed by atoms with van der Waals surface area (Å²) in [6.07, 6.45) is 0.111. The molecule has 0 aliphatic heterocycles. The summed E-state index contributed by atoms with van der Waals surface area (Å²) in [5, 5.41) is 0. The molecule has 0 aliphatic carbocycles. The molecular weight excluding hydrogens is 169 g/mol. The van der Waals surface area contributed by atoms with Crippen LogP contribution in [0.3, 0.4) is 0 Å². The molecule has 0 bridgehead atoms. The van der Waals surface area contributed by atoms with Gasteiger partial charge in [0.2, 0.25) is 6.08 Å². The maximum Gasteiger partial charge on any atom is 0.235 e. The number of nitrogens with zero attached hydrogens (tertiary/aromatic N) is 1. The number of alkyl halides is 1. The third-order valence-electron chi connectivity index (χ3n) is 1.72. The Labute approximate surface area is 76.1 Å². The summed E-state index contributed by atoms with van der Waals surface area (Å²) < 4.78 is 13.2. The van der Waals surface area contributed by atoms with E-state index in [1.54, 1.807) is 18.2 Å². The van der Waals surface area contributed by atoms with E-state index in [-0.39, 0.29) is 6.54 Å². The molecule has 0 aliphatic rings. The standard InChI is InChI=1S/C10H10FNO/c1-8-3-2-4-9(5-8)10(11)6-12-7-13/h2-5,10H,6H2,1H3. The van der Waals surface area contributed by atoms with E-state index in [0.717, 1.165) is 5.56 Å². The monoisotopic (exact) mass is 179 g/mol. The molecule has 0 saturated carbocycles. The Morgan fingerprint density at radius 1 is 1.62 bits per heavy atom. The molecule has 0 amide bonds. The first-order valence-electron chi connectivity index (χ1n) is 3.98. The van der Waals surface area contributed by atoms with Crippen LogP contribution in [0.4, 0.5) is 4.39 Å². The average molecular weight is 179 g/mol. The van der Waals surface area contributed by atoms with Crippen LogP contribution in [0.2, 0.25) is 0 Å². The van der Waals surface area contributed by atoms with E-state index in [1.807, 2.05) is 13.0 Å². The van der Waals surface area contributed by atoms with Crippen molar-refractivity contribution in [2.24, 2.45) is 4.99 Å². The highest BCUT2D eigenvalue weighted by molar-refractivity contribution is 5.33. The summed E-state index contributed by atoms with van der Waals surface area (Å²) in [5.41, 5.74) is 1.55. The van der Waals surface area contributed by atoms with Gasteiger partial charge in [-0.05, 0) is 12.5 Å². The van der Waals surface area contributed by atoms with E-state index < -0.39 is 6.17 Å². The van der Waals surface area contributed by atoms with Crippen molar-refractivity contribution < 1.29 is 9.18 Å². The van der Waals surface area contributed by atoms with Crippen molar-refractivity contribution in [3.8, 4) is 0 Å². The Morgan fingerprint density at radius 2 is 2.38 bits per heavy atom. The number of rotatable bonds is 3. The zero-order chi connectivity index (χ0) is 9.68. The molecule has 1 aromatic carbocycles. The highest BCUT2D eigenvalue weighted by Crippen LogP contribution is 2.18.